The number of carboxylic acids is 1. The SMILES string of the molecule is Cc1ccc(NC(=O)O[C@@H](c2cccc(OCCO)c2)[C@H](C)CC/C=C/C(=O)O)cc1. The number of aliphatic hydroxyl groups excluding tert-OH is 1. The molecule has 0 aliphatic heterocycles. The molecule has 0 unspecified atom stereocenters. The first-order chi connectivity index (χ1) is 14.9. The lowest BCUT2D eigenvalue weighted by atomic mass is 9.93. The van der Waals surface area contributed by atoms with Gasteiger partial charge in [0.2, 0.25) is 0 Å². The van der Waals surface area contributed by atoms with E-state index in [1.54, 1.807) is 36.4 Å². The molecule has 166 valence electrons. The van der Waals surface area contributed by atoms with Gasteiger partial charge in [-0.25, -0.2) is 9.59 Å². The maximum atomic E-state index is 12.6. The molecule has 0 saturated carbocycles. The maximum Gasteiger partial charge on any atom is 0.412 e. The van der Waals surface area contributed by atoms with Crippen LogP contribution in [-0.4, -0.2) is 35.5 Å². The second-order valence-corrected chi connectivity index (χ2v) is 7.26. The number of allylic oxidation sites excluding steroid dienone is 1. The van der Waals surface area contributed by atoms with Gasteiger partial charge in [-0.3, -0.25) is 5.32 Å². The van der Waals surface area contributed by atoms with Gasteiger partial charge in [0, 0.05) is 11.8 Å². The number of aliphatic carboxylic acids is 1. The van der Waals surface area contributed by atoms with Crippen molar-refractivity contribution in [3.63, 3.8) is 0 Å². The molecular formula is C24H29NO6. The average Bonchev–Trinajstić information content (AvgIpc) is 2.75. The topological polar surface area (TPSA) is 105 Å². The minimum absolute atomic E-state index is 0.0877. The van der Waals surface area contributed by atoms with Gasteiger partial charge in [0.25, 0.3) is 0 Å². The van der Waals surface area contributed by atoms with E-state index in [4.69, 9.17) is 19.7 Å². The number of nitrogens with one attached hydrogen (secondary N) is 1. The molecular weight excluding hydrogens is 398 g/mol. The van der Waals surface area contributed by atoms with Gasteiger partial charge >= 0.3 is 12.1 Å². The van der Waals surface area contributed by atoms with E-state index in [1.807, 2.05) is 32.0 Å². The van der Waals surface area contributed by atoms with Crippen molar-refractivity contribution >= 4 is 17.7 Å². The van der Waals surface area contributed by atoms with E-state index in [-0.39, 0.29) is 19.1 Å². The molecule has 0 saturated heterocycles. The summed E-state index contributed by atoms with van der Waals surface area (Å²) in [5.41, 5.74) is 2.47. The van der Waals surface area contributed by atoms with Crippen LogP contribution in [0.25, 0.3) is 0 Å². The highest BCUT2D eigenvalue weighted by atomic mass is 16.6. The third kappa shape index (κ3) is 8.52. The van der Waals surface area contributed by atoms with Crippen LogP contribution in [0.2, 0.25) is 0 Å². The number of hydrogen-bond acceptors (Lipinski definition) is 5. The Morgan fingerprint density at radius 3 is 2.58 bits per heavy atom. The van der Waals surface area contributed by atoms with Crippen molar-refractivity contribution in [2.75, 3.05) is 18.5 Å². The zero-order valence-corrected chi connectivity index (χ0v) is 17.8. The highest BCUT2D eigenvalue weighted by Crippen LogP contribution is 2.32. The first kappa shape index (κ1) is 24.0. The fourth-order valence-electron chi connectivity index (χ4n) is 3.05. The van der Waals surface area contributed by atoms with Gasteiger partial charge in [-0.2, -0.15) is 0 Å². The molecule has 0 fully saturated rings. The normalized spacial score (nSPS) is 12.9. The highest BCUT2D eigenvalue weighted by molar-refractivity contribution is 5.84. The van der Waals surface area contributed by atoms with Crippen LogP contribution in [-0.2, 0) is 9.53 Å². The summed E-state index contributed by atoms with van der Waals surface area (Å²) >= 11 is 0. The number of aryl methyl sites for hydroxylation is 1. The number of aliphatic hydroxyl groups is 1. The van der Waals surface area contributed by atoms with E-state index >= 15 is 0 Å². The average molecular weight is 427 g/mol. The summed E-state index contributed by atoms with van der Waals surface area (Å²) < 4.78 is 11.3. The van der Waals surface area contributed by atoms with Gasteiger partial charge in [-0.05, 0) is 55.5 Å². The number of benzene rings is 2. The van der Waals surface area contributed by atoms with Crippen LogP contribution < -0.4 is 10.1 Å². The van der Waals surface area contributed by atoms with Crippen LogP contribution in [0.1, 0.15) is 37.0 Å². The smallest absolute Gasteiger partial charge is 0.412 e. The van der Waals surface area contributed by atoms with Crippen molar-refractivity contribution in [1.29, 1.82) is 0 Å². The fraction of sp³-hybridized carbons (Fsp3) is 0.333. The van der Waals surface area contributed by atoms with E-state index in [2.05, 4.69) is 5.32 Å². The Kier molecular flexibility index (Phi) is 9.58. The summed E-state index contributed by atoms with van der Waals surface area (Å²) in [6.07, 6.45) is 2.70. The molecule has 0 spiro atoms. The number of carbonyl (C=O) groups is 2. The predicted octanol–water partition coefficient (Wildman–Crippen LogP) is 4.71. The monoisotopic (exact) mass is 427 g/mol. The number of carbonyl (C=O) groups excluding carboxylic acids is 1. The van der Waals surface area contributed by atoms with Crippen LogP contribution in [0, 0.1) is 12.8 Å². The van der Waals surface area contributed by atoms with E-state index < -0.39 is 18.2 Å². The van der Waals surface area contributed by atoms with Gasteiger partial charge in [0.15, 0.2) is 0 Å². The first-order valence-corrected chi connectivity index (χ1v) is 10.2. The molecule has 7 heteroatoms. The molecule has 0 aliphatic carbocycles. The van der Waals surface area contributed by atoms with Crippen LogP contribution in [0.4, 0.5) is 10.5 Å². The molecule has 2 aromatic rings. The van der Waals surface area contributed by atoms with Crippen molar-refractivity contribution in [2.24, 2.45) is 5.92 Å². The largest absolute Gasteiger partial charge is 0.491 e. The highest BCUT2D eigenvalue weighted by Gasteiger charge is 2.24. The Morgan fingerprint density at radius 2 is 1.90 bits per heavy atom. The second kappa shape index (κ2) is 12.4. The van der Waals surface area contributed by atoms with E-state index in [0.717, 1.165) is 17.2 Å². The summed E-state index contributed by atoms with van der Waals surface area (Å²) in [7, 11) is 0. The molecule has 2 rings (SSSR count). The molecule has 2 aromatic carbocycles. The van der Waals surface area contributed by atoms with Gasteiger partial charge in [0.1, 0.15) is 18.5 Å². The van der Waals surface area contributed by atoms with Crippen molar-refractivity contribution in [2.45, 2.75) is 32.8 Å². The summed E-state index contributed by atoms with van der Waals surface area (Å²) in [4.78, 5) is 23.2. The zero-order valence-electron chi connectivity index (χ0n) is 17.8. The Bertz CT molecular complexity index is 878. The molecule has 0 aliphatic rings. The molecule has 31 heavy (non-hydrogen) atoms. The number of hydrogen-bond donors (Lipinski definition) is 3. The Labute approximate surface area is 182 Å². The van der Waals surface area contributed by atoms with Gasteiger partial charge in [-0.15, -0.1) is 0 Å². The molecule has 7 nitrogen and oxygen atoms in total. The third-order valence-corrected chi connectivity index (χ3v) is 4.64. The second-order valence-electron chi connectivity index (χ2n) is 7.26. The summed E-state index contributed by atoms with van der Waals surface area (Å²) in [6, 6.07) is 14.6. The standard InChI is InChI=1S/C24H29NO6/c1-17-10-12-20(13-11-17)25-24(29)31-23(18(2)6-3-4-9-22(27)28)19-7-5-8-21(16-19)30-15-14-26/h4-5,7-13,16,18,23,26H,3,6,14-15H2,1-2H3,(H,25,29)(H,27,28)/b9-4+/t18-,23-/m1/s1. The summed E-state index contributed by atoms with van der Waals surface area (Å²) in [6.45, 7) is 3.97. The molecule has 0 aromatic heterocycles. The Hall–Kier alpha value is -3.32. The van der Waals surface area contributed by atoms with Crippen molar-refractivity contribution in [3.05, 3.63) is 71.8 Å². The fourth-order valence-corrected chi connectivity index (χ4v) is 3.05. The van der Waals surface area contributed by atoms with E-state index in [9.17, 15) is 9.59 Å². The first-order valence-electron chi connectivity index (χ1n) is 10.2. The van der Waals surface area contributed by atoms with Crippen molar-refractivity contribution in [1.82, 2.24) is 0 Å². The van der Waals surface area contributed by atoms with Crippen molar-refractivity contribution in [3.8, 4) is 5.75 Å². The van der Waals surface area contributed by atoms with Crippen LogP contribution in [0.5, 0.6) is 5.75 Å². The van der Waals surface area contributed by atoms with Gasteiger partial charge in [0.05, 0.1) is 6.61 Å². The van der Waals surface area contributed by atoms with Crippen molar-refractivity contribution < 1.29 is 29.3 Å². The lowest BCUT2D eigenvalue weighted by Gasteiger charge is -2.25. The zero-order chi connectivity index (χ0) is 22.6. The number of rotatable bonds is 11. The van der Waals surface area contributed by atoms with E-state index in [1.165, 1.54) is 0 Å². The van der Waals surface area contributed by atoms with E-state index in [0.29, 0.717) is 24.3 Å². The summed E-state index contributed by atoms with van der Waals surface area (Å²) in [5, 5.41) is 20.5. The third-order valence-electron chi connectivity index (χ3n) is 4.64. The number of ether oxygens (including phenoxy) is 2. The van der Waals surface area contributed by atoms with Gasteiger partial charge in [-0.1, -0.05) is 42.8 Å². The van der Waals surface area contributed by atoms with Crippen LogP contribution in [0.15, 0.2) is 60.7 Å². The quantitative estimate of drug-likeness (QED) is 0.449. The van der Waals surface area contributed by atoms with Crippen LogP contribution >= 0.6 is 0 Å². The molecule has 0 heterocycles. The lowest BCUT2D eigenvalue weighted by molar-refractivity contribution is -0.131. The number of carboxylic acid groups (broad SMARTS) is 1. The summed E-state index contributed by atoms with van der Waals surface area (Å²) in [5.74, 6) is -0.515. The molecule has 2 atom stereocenters. The number of anilines is 1. The Balaban J connectivity index is 2.15. The van der Waals surface area contributed by atoms with Gasteiger partial charge < -0.3 is 19.7 Å². The maximum absolute atomic E-state index is 12.6. The van der Waals surface area contributed by atoms with Crippen LogP contribution in [0.3, 0.4) is 0 Å². The molecule has 3 N–H and O–H groups in total. The predicted molar refractivity (Wildman–Crippen MR) is 118 cm³/mol. The number of amides is 1. The lowest BCUT2D eigenvalue weighted by Crippen LogP contribution is -2.22. The molecule has 0 bridgehead atoms. The minimum Gasteiger partial charge on any atom is -0.491 e. The molecule has 1 amide bonds. The minimum atomic E-state index is -0.994. The molecule has 0 radical (unpaired) electrons. The Morgan fingerprint density at radius 1 is 1.16 bits per heavy atom.